The number of nitrogens with one attached hydrogen (secondary N) is 2. The van der Waals surface area contributed by atoms with E-state index in [9.17, 15) is 0 Å². The fraction of sp³-hybridized carbons (Fsp3) is 0.588. The summed E-state index contributed by atoms with van der Waals surface area (Å²) in [5.74, 6) is 2.72. The van der Waals surface area contributed by atoms with Gasteiger partial charge in [0.15, 0.2) is 5.96 Å². The van der Waals surface area contributed by atoms with Crippen molar-refractivity contribution < 1.29 is 0 Å². The normalized spacial score (nSPS) is 20.8. The molecule has 1 aromatic rings. The van der Waals surface area contributed by atoms with Crippen LogP contribution in [0.2, 0.25) is 5.02 Å². The predicted molar refractivity (Wildman–Crippen MR) is 99.3 cm³/mol. The van der Waals surface area contributed by atoms with Crippen molar-refractivity contribution in [3.63, 3.8) is 0 Å². The van der Waals surface area contributed by atoms with Gasteiger partial charge in [0.1, 0.15) is 0 Å². The van der Waals surface area contributed by atoms with Crippen molar-refractivity contribution in [2.75, 3.05) is 25.1 Å². The monoisotopic (exact) mass is 339 g/mol. The molecule has 5 heteroatoms. The standard InChI is InChI=1S/C17H26ClN3S/c1-3-19-17(20-9-4-5-10-22-2)21-16-12-15(16)13-7-6-8-14(18)11-13/h6-8,11,15-16H,3-5,9-10,12H2,1-2H3,(H2,19,20,21). The van der Waals surface area contributed by atoms with Gasteiger partial charge >= 0.3 is 0 Å². The lowest BCUT2D eigenvalue weighted by molar-refractivity contribution is 0.767. The van der Waals surface area contributed by atoms with E-state index in [0.717, 1.165) is 36.9 Å². The van der Waals surface area contributed by atoms with E-state index in [1.807, 2.05) is 23.9 Å². The lowest BCUT2D eigenvalue weighted by atomic mass is 10.1. The van der Waals surface area contributed by atoms with Gasteiger partial charge in [-0.05, 0) is 55.9 Å². The van der Waals surface area contributed by atoms with Gasteiger partial charge in [-0.3, -0.25) is 4.99 Å². The molecule has 0 aromatic heterocycles. The van der Waals surface area contributed by atoms with Crippen molar-refractivity contribution in [2.24, 2.45) is 4.99 Å². The highest BCUT2D eigenvalue weighted by atomic mass is 35.5. The molecule has 0 saturated heterocycles. The maximum absolute atomic E-state index is 6.07. The van der Waals surface area contributed by atoms with Crippen molar-refractivity contribution >= 4 is 29.3 Å². The van der Waals surface area contributed by atoms with Crippen LogP contribution in [0.15, 0.2) is 29.3 Å². The molecule has 2 rings (SSSR count). The minimum absolute atomic E-state index is 0.475. The molecular formula is C17H26ClN3S. The third-order valence-electron chi connectivity index (χ3n) is 3.76. The molecule has 22 heavy (non-hydrogen) atoms. The highest BCUT2D eigenvalue weighted by Gasteiger charge is 2.39. The summed E-state index contributed by atoms with van der Waals surface area (Å²) in [7, 11) is 0. The van der Waals surface area contributed by atoms with E-state index in [0.29, 0.717) is 12.0 Å². The molecule has 2 N–H and O–H groups in total. The fourth-order valence-electron chi connectivity index (χ4n) is 2.50. The number of unbranched alkanes of at least 4 members (excludes halogenated alkanes) is 1. The summed E-state index contributed by atoms with van der Waals surface area (Å²) in [5, 5.41) is 7.69. The topological polar surface area (TPSA) is 36.4 Å². The molecule has 0 spiro atoms. The summed E-state index contributed by atoms with van der Waals surface area (Å²) < 4.78 is 0. The number of hydrogen-bond acceptors (Lipinski definition) is 2. The SMILES string of the molecule is CCNC(=NCCCCSC)NC1CC1c1cccc(Cl)c1. The Balaban J connectivity index is 1.81. The van der Waals surface area contributed by atoms with Gasteiger partial charge in [0.25, 0.3) is 0 Å². The van der Waals surface area contributed by atoms with Crippen LogP contribution in [0, 0.1) is 0 Å². The number of rotatable bonds is 8. The Kier molecular flexibility index (Phi) is 7.40. The summed E-state index contributed by atoms with van der Waals surface area (Å²) >= 11 is 7.97. The second kappa shape index (κ2) is 9.31. The van der Waals surface area contributed by atoms with Gasteiger partial charge in [0.05, 0.1) is 0 Å². The van der Waals surface area contributed by atoms with Crippen LogP contribution in [-0.2, 0) is 0 Å². The number of hydrogen-bond donors (Lipinski definition) is 2. The van der Waals surface area contributed by atoms with Gasteiger partial charge in [0.2, 0.25) is 0 Å². The van der Waals surface area contributed by atoms with E-state index in [-0.39, 0.29) is 0 Å². The molecule has 3 nitrogen and oxygen atoms in total. The van der Waals surface area contributed by atoms with Crippen LogP contribution in [0.3, 0.4) is 0 Å². The molecule has 1 saturated carbocycles. The minimum atomic E-state index is 0.475. The molecule has 1 fully saturated rings. The number of halogens is 1. The Morgan fingerprint density at radius 2 is 2.27 bits per heavy atom. The first-order valence-corrected chi connectivity index (χ1v) is 9.81. The zero-order valence-corrected chi connectivity index (χ0v) is 15.0. The Morgan fingerprint density at radius 1 is 1.41 bits per heavy atom. The van der Waals surface area contributed by atoms with Crippen LogP contribution >= 0.6 is 23.4 Å². The highest BCUT2D eigenvalue weighted by Crippen LogP contribution is 2.41. The quantitative estimate of drug-likeness (QED) is 0.428. The molecule has 122 valence electrons. The average molecular weight is 340 g/mol. The van der Waals surface area contributed by atoms with Crippen molar-refractivity contribution in [1.82, 2.24) is 10.6 Å². The van der Waals surface area contributed by atoms with Gasteiger partial charge in [-0.1, -0.05) is 23.7 Å². The van der Waals surface area contributed by atoms with Crippen LogP contribution in [0.4, 0.5) is 0 Å². The maximum Gasteiger partial charge on any atom is 0.191 e. The number of nitrogens with zero attached hydrogens (tertiary/aromatic N) is 1. The van der Waals surface area contributed by atoms with Crippen molar-refractivity contribution in [3.8, 4) is 0 Å². The summed E-state index contributed by atoms with van der Waals surface area (Å²) in [5.41, 5.74) is 1.32. The molecule has 2 atom stereocenters. The third-order valence-corrected chi connectivity index (χ3v) is 4.69. The Morgan fingerprint density at radius 3 is 3.00 bits per heavy atom. The number of aliphatic imine (C=N–C) groups is 1. The lowest BCUT2D eigenvalue weighted by Gasteiger charge is -2.11. The third kappa shape index (κ3) is 5.73. The number of benzene rings is 1. The molecular weight excluding hydrogens is 314 g/mol. The van der Waals surface area contributed by atoms with Gasteiger partial charge in [-0.2, -0.15) is 11.8 Å². The first-order chi connectivity index (χ1) is 10.7. The number of thioether (sulfide) groups is 1. The zero-order chi connectivity index (χ0) is 15.8. The van der Waals surface area contributed by atoms with E-state index in [1.165, 1.54) is 17.7 Å². The van der Waals surface area contributed by atoms with Crippen LogP contribution < -0.4 is 10.6 Å². The smallest absolute Gasteiger partial charge is 0.191 e. The van der Waals surface area contributed by atoms with Crippen LogP contribution in [0.1, 0.15) is 37.7 Å². The van der Waals surface area contributed by atoms with Crippen LogP contribution in [0.5, 0.6) is 0 Å². The molecule has 0 bridgehead atoms. The van der Waals surface area contributed by atoms with Gasteiger partial charge in [-0.25, -0.2) is 0 Å². The van der Waals surface area contributed by atoms with Crippen LogP contribution in [0.25, 0.3) is 0 Å². The van der Waals surface area contributed by atoms with Crippen molar-refractivity contribution in [1.29, 1.82) is 0 Å². The van der Waals surface area contributed by atoms with Gasteiger partial charge in [0, 0.05) is 30.1 Å². The zero-order valence-electron chi connectivity index (χ0n) is 13.4. The Hall–Kier alpha value is -0.870. The molecule has 1 aliphatic rings. The van der Waals surface area contributed by atoms with E-state index < -0.39 is 0 Å². The molecule has 0 aliphatic heterocycles. The maximum atomic E-state index is 6.07. The summed E-state index contributed by atoms with van der Waals surface area (Å²) in [6.07, 6.45) is 5.69. The van der Waals surface area contributed by atoms with E-state index in [1.54, 1.807) is 0 Å². The van der Waals surface area contributed by atoms with Crippen LogP contribution in [-0.4, -0.2) is 37.1 Å². The van der Waals surface area contributed by atoms with E-state index >= 15 is 0 Å². The van der Waals surface area contributed by atoms with Crippen molar-refractivity contribution in [2.45, 2.75) is 38.1 Å². The predicted octanol–water partition coefficient (Wildman–Crippen LogP) is 3.89. The average Bonchev–Trinajstić information content (AvgIpc) is 3.26. The molecule has 1 aliphatic carbocycles. The van der Waals surface area contributed by atoms with Crippen molar-refractivity contribution in [3.05, 3.63) is 34.9 Å². The first-order valence-electron chi connectivity index (χ1n) is 8.03. The van der Waals surface area contributed by atoms with E-state index in [4.69, 9.17) is 11.6 Å². The molecule has 0 radical (unpaired) electrons. The molecule has 1 aromatic carbocycles. The molecule has 0 heterocycles. The molecule has 2 unspecified atom stereocenters. The fourth-order valence-corrected chi connectivity index (χ4v) is 3.20. The van der Waals surface area contributed by atoms with Gasteiger partial charge in [-0.15, -0.1) is 0 Å². The Labute approximate surface area is 143 Å². The Bertz CT molecular complexity index is 493. The largest absolute Gasteiger partial charge is 0.357 e. The summed E-state index contributed by atoms with van der Waals surface area (Å²) in [6, 6.07) is 8.65. The molecule has 0 amide bonds. The summed E-state index contributed by atoms with van der Waals surface area (Å²) in [6.45, 7) is 3.89. The highest BCUT2D eigenvalue weighted by molar-refractivity contribution is 7.98. The lowest BCUT2D eigenvalue weighted by Crippen LogP contribution is -2.39. The number of guanidine groups is 1. The first kappa shape index (κ1) is 17.5. The van der Waals surface area contributed by atoms with E-state index in [2.05, 4.69) is 40.9 Å². The van der Waals surface area contributed by atoms with Gasteiger partial charge < -0.3 is 10.6 Å². The minimum Gasteiger partial charge on any atom is -0.357 e. The second-order valence-corrected chi connectivity index (χ2v) is 7.03. The summed E-state index contributed by atoms with van der Waals surface area (Å²) in [4.78, 5) is 4.67. The second-order valence-electron chi connectivity index (χ2n) is 5.61.